The van der Waals surface area contributed by atoms with Crippen LogP contribution in [0.4, 0.5) is 0 Å². The van der Waals surface area contributed by atoms with Crippen LogP contribution in [0.15, 0.2) is 76.7 Å². The largest absolute Gasteiger partial charge is 0.467 e. The van der Waals surface area contributed by atoms with Gasteiger partial charge in [-0.1, -0.05) is 18.2 Å². The lowest BCUT2D eigenvalue weighted by Crippen LogP contribution is -2.36. The molecule has 0 aliphatic rings. The number of hydrogen-bond donors (Lipinski definition) is 0. The number of aryl methyl sites for hydroxylation is 1. The lowest BCUT2D eigenvalue weighted by atomic mass is 10.1. The van der Waals surface area contributed by atoms with Crippen LogP contribution in [0.3, 0.4) is 0 Å². The number of hydrogen-bond acceptors (Lipinski definition) is 5. The van der Waals surface area contributed by atoms with Gasteiger partial charge in [0.15, 0.2) is 0 Å². The summed E-state index contributed by atoms with van der Waals surface area (Å²) in [5.74, 6) is 0.461. The molecular weight excluding hydrogens is 368 g/mol. The summed E-state index contributed by atoms with van der Waals surface area (Å²) in [7, 11) is 0. The van der Waals surface area contributed by atoms with Crippen LogP contribution in [0.2, 0.25) is 0 Å². The maximum Gasteiger partial charge on any atom is 0.261 e. The maximum absolute atomic E-state index is 13.1. The molecule has 0 unspecified atom stereocenters. The molecule has 0 aliphatic carbocycles. The van der Waals surface area contributed by atoms with E-state index in [4.69, 9.17) is 4.42 Å². The average Bonchev–Trinajstić information content (AvgIpc) is 3.24. The predicted molar refractivity (Wildman–Crippen MR) is 108 cm³/mol. The van der Waals surface area contributed by atoms with Gasteiger partial charge < -0.3 is 9.32 Å². The summed E-state index contributed by atoms with van der Waals surface area (Å²) < 4.78 is 6.76. The van der Waals surface area contributed by atoms with Gasteiger partial charge in [0, 0.05) is 18.9 Å². The number of furan rings is 1. The summed E-state index contributed by atoms with van der Waals surface area (Å²) in [6, 6.07) is 12.8. The quantitative estimate of drug-likeness (QED) is 0.507. The summed E-state index contributed by atoms with van der Waals surface area (Å²) in [5, 5.41) is 0.505. The number of nitrogens with zero attached hydrogens (tertiary/aromatic N) is 4. The molecule has 3 aromatic heterocycles. The first-order chi connectivity index (χ1) is 14.1. The monoisotopic (exact) mass is 388 g/mol. The number of benzene rings is 1. The summed E-state index contributed by atoms with van der Waals surface area (Å²) in [5.41, 5.74) is 2.25. The lowest BCUT2D eigenvalue weighted by Gasteiger charge is -2.22. The minimum Gasteiger partial charge on any atom is -0.467 e. The van der Waals surface area contributed by atoms with Gasteiger partial charge in [-0.3, -0.25) is 19.1 Å². The second-order valence-corrected chi connectivity index (χ2v) is 6.84. The zero-order valence-electron chi connectivity index (χ0n) is 16.0. The molecule has 0 fully saturated rings. The number of para-hydroxylation sites is 1. The first kappa shape index (κ1) is 18.6. The van der Waals surface area contributed by atoms with Crippen LogP contribution in [-0.4, -0.2) is 25.3 Å². The van der Waals surface area contributed by atoms with Gasteiger partial charge in [-0.05, 0) is 42.3 Å². The molecule has 0 saturated carbocycles. The minimum atomic E-state index is -0.230. The van der Waals surface area contributed by atoms with Crippen molar-refractivity contribution in [1.29, 1.82) is 0 Å². The van der Waals surface area contributed by atoms with E-state index >= 15 is 0 Å². The molecule has 0 bridgehead atoms. The molecule has 0 atom stereocenters. The highest BCUT2D eigenvalue weighted by molar-refractivity contribution is 5.81. The van der Waals surface area contributed by atoms with Crippen LogP contribution in [0.25, 0.3) is 10.9 Å². The van der Waals surface area contributed by atoms with Gasteiger partial charge in [-0.2, -0.15) is 0 Å². The van der Waals surface area contributed by atoms with Crippen molar-refractivity contribution < 1.29 is 9.21 Å². The Morgan fingerprint density at radius 3 is 2.79 bits per heavy atom. The van der Waals surface area contributed by atoms with E-state index < -0.39 is 0 Å². The molecule has 1 amide bonds. The van der Waals surface area contributed by atoms with Crippen LogP contribution < -0.4 is 5.56 Å². The molecule has 3 heterocycles. The van der Waals surface area contributed by atoms with E-state index in [1.807, 2.05) is 37.3 Å². The van der Waals surface area contributed by atoms with Crippen LogP contribution in [0.1, 0.15) is 16.9 Å². The zero-order chi connectivity index (χ0) is 20.2. The van der Waals surface area contributed by atoms with E-state index in [0.717, 1.165) is 11.1 Å². The normalized spacial score (nSPS) is 10.9. The number of fused-ring (bicyclic) bond motifs is 1. The summed E-state index contributed by atoms with van der Waals surface area (Å²) in [4.78, 5) is 36.0. The predicted octanol–water partition coefficient (Wildman–Crippen LogP) is 2.92. The van der Waals surface area contributed by atoms with E-state index in [2.05, 4.69) is 9.97 Å². The first-order valence-electron chi connectivity index (χ1n) is 9.25. The number of amides is 1. The molecule has 1 aromatic carbocycles. The molecule has 4 aromatic rings. The average molecular weight is 388 g/mol. The summed E-state index contributed by atoms with van der Waals surface area (Å²) in [6.45, 7) is 2.47. The second-order valence-electron chi connectivity index (χ2n) is 6.84. The number of carbonyl (C=O) groups is 1. The fourth-order valence-corrected chi connectivity index (χ4v) is 3.23. The number of pyridine rings is 1. The third-order valence-electron chi connectivity index (χ3n) is 4.74. The Hall–Kier alpha value is -3.74. The topological polar surface area (TPSA) is 81.2 Å². The van der Waals surface area contributed by atoms with Crippen molar-refractivity contribution in [3.8, 4) is 0 Å². The third kappa shape index (κ3) is 4.08. The molecule has 0 spiro atoms. The standard InChI is InChI=1S/C22H20N4O3/c1-16-5-2-8-19-21(16)24-15-26(22(19)28)14-20(27)25(13-18-7-4-10-29-18)12-17-6-3-9-23-11-17/h2-11,15H,12-14H2,1H3. The Bertz CT molecular complexity index is 1180. The smallest absolute Gasteiger partial charge is 0.261 e. The van der Waals surface area contributed by atoms with E-state index in [0.29, 0.717) is 29.8 Å². The number of aromatic nitrogens is 3. The van der Waals surface area contributed by atoms with E-state index in [1.165, 1.54) is 10.9 Å². The Balaban J connectivity index is 1.61. The molecule has 7 heteroatoms. The molecule has 0 aliphatic heterocycles. The molecule has 0 N–H and O–H groups in total. The molecule has 7 nitrogen and oxygen atoms in total. The van der Waals surface area contributed by atoms with Crippen molar-refractivity contribution >= 4 is 16.8 Å². The highest BCUT2D eigenvalue weighted by Gasteiger charge is 2.18. The first-order valence-corrected chi connectivity index (χ1v) is 9.25. The van der Waals surface area contributed by atoms with Crippen molar-refractivity contribution in [2.24, 2.45) is 0 Å². The Labute approximate surface area is 167 Å². The molecule has 0 saturated heterocycles. The van der Waals surface area contributed by atoms with Crippen molar-refractivity contribution in [3.05, 3.63) is 94.7 Å². The number of rotatable bonds is 6. The van der Waals surface area contributed by atoms with Crippen LogP contribution in [0.5, 0.6) is 0 Å². The fraction of sp³-hybridized carbons (Fsp3) is 0.182. The van der Waals surface area contributed by atoms with Gasteiger partial charge in [0.25, 0.3) is 5.56 Å². The third-order valence-corrected chi connectivity index (χ3v) is 4.74. The Morgan fingerprint density at radius 2 is 2.03 bits per heavy atom. The summed E-state index contributed by atoms with van der Waals surface area (Å²) >= 11 is 0. The van der Waals surface area contributed by atoms with Crippen LogP contribution in [0, 0.1) is 6.92 Å². The Kier molecular flexibility index (Phi) is 5.20. The Morgan fingerprint density at radius 1 is 1.14 bits per heavy atom. The highest BCUT2D eigenvalue weighted by Crippen LogP contribution is 2.13. The van der Waals surface area contributed by atoms with Crippen molar-refractivity contribution in [1.82, 2.24) is 19.4 Å². The molecule has 146 valence electrons. The van der Waals surface area contributed by atoms with Crippen molar-refractivity contribution in [3.63, 3.8) is 0 Å². The van der Waals surface area contributed by atoms with E-state index in [-0.39, 0.29) is 18.0 Å². The molecule has 0 radical (unpaired) electrons. The molecule has 29 heavy (non-hydrogen) atoms. The van der Waals surface area contributed by atoms with Gasteiger partial charge in [-0.25, -0.2) is 4.98 Å². The van der Waals surface area contributed by atoms with E-state index in [1.54, 1.807) is 35.7 Å². The van der Waals surface area contributed by atoms with Gasteiger partial charge in [0.05, 0.1) is 30.0 Å². The van der Waals surface area contributed by atoms with Crippen LogP contribution in [-0.2, 0) is 24.4 Å². The van der Waals surface area contributed by atoms with Gasteiger partial charge in [0.2, 0.25) is 5.91 Å². The van der Waals surface area contributed by atoms with Gasteiger partial charge in [0.1, 0.15) is 12.3 Å². The van der Waals surface area contributed by atoms with Gasteiger partial charge in [-0.15, -0.1) is 0 Å². The second kappa shape index (κ2) is 8.10. The SMILES string of the molecule is Cc1cccc2c(=O)n(CC(=O)N(Cc3cccnc3)Cc3ccco3)cnc12. The van der Waals surface area contributed by atoms with Crippen molar-refractivity contribution in [2.45, 2.75) is 26.6 Å². The lowest BCUT2D eigenvalue weighted by molar-refractivity contribution is -0.133. The van der Waals surface area contributed by atoms with Gasteiger partial charge >= 0.3 is 0 Å². The maximum atomic E-state index is 13.1. The minimum absolute atomic E-state index is 0.101. The van der Waals surface area contributed by atoms with Crippen molar-refractivity contribution in [2.75, 3.05) is 0 Å². The summed E-state index contributed by atoms with van der Waals surface area (Å²) in [6.07, 6.45) is 6.41. The zero-order valence-corrected chi connectivity index (χ0v) is 16.0. The van der Waals surface area contributed by atoms with Crippen LogP contribution >= 0.6 is 0 Å². The molecule has 4 rings (SSSR count). The number of carbonyl (C=O) groups excluding carboxylic acids is 1. The fourth-order valence-electron chi connectivity index (χ4n) is 3.23. The highest BCUT2D eigenvalue weighted by atomic mass is 16.3. The molecular formula is C22H20N4O3. The van der Waals surface area contributed by atoms with E-state index in [9.17, 15) is 9.59 Å².